The Morgan fingerprint density at radius 2 is 2.12 bits per heavy atom. The molecule has 16 heavy (non-hydrogen) atoms. The number of fused-ring (bicyclic) bond motifs is 1. The van der Waals surface area contributed by atoms with E-state index in [9.17, 15) is 0 Å². The van der Waals surface area contributed by atoms with E-state index in [1.54, 1.807) is 6.08 Å². The Morgan fingerprint density at radius 3 is 2.81 bits per heavy atom. The molecule has 1 aliphatic heterocycles. The van der Waals surface area contributed by atoms with Crippen LogP contribution in [0.4, 0.5) is 0 Å². The molecule has 0 fully saturated rings. The molecule has 0 bridgehead atoms. The number of nitrogens with two attached hydrogens (primary N) is 1. The van der Waals surface area contributed by atoms with Crippen LogP contribution in [0.25, 0.3) is 0 Å². The van der Waals surface area contributed by atoms with Gasteiger partial charge in [-0.15, -0.1) is 0 Å². The van der Waals surface area contributed by atoms with Crippen LogP contribution in [0.15, 0.2) is 24.8 Å². The Bertz CT molecular complexity index is 390. The van der Waals surface area contributed by atoms with Crippen LogP contribution in [0.1, 0.15) is 5.56 Å². The topological polar surface area (TPSA) is 53.7 Å². The maximum absolute atomic E-state index is 5.56. The van der Waals surface area contributed by atoms with Gasteiger partial charge in [0.05, 0.1) is 0 Å². The minimum Gasteiger partial charge on any atom is -0.489 e. The molecule has 2 rings (SSSR count). The van der Waals surface area contributed by atoms with Crippen molar-refractivity contribution in [3.05, 3.63) is 30.4 Å². The summed E-state index contributed by atoms with van der Waals surface area (Å²) in [5, 5.41) is 0. The quantitative estimate of drug-likeness (QED) is 0.765. The molecule has 0 radical (unpaired) electrons. The predicted octanol–water partition coefficient (Wildman–Crippen LogP) is 1.48. The van der Waals surface area contributed by atoms with Crippen LogP contribution in [0.3, 0.4) is 0 Å². The van der Waals surface area contributed by atoms with Crippen LogP contribution in [0, 0.1) is 0 Å². The monoisotopic (exact) mass is 221 g/mol. The Hall–Kier alpha value is -1.68. The SMILES string of the molecule is C=CCOc1cc2c(cc1CCN)OCO2. The van der Waals surface area contributed by atoms with Gasteiger partial charge in [-0.3, -0.25) is 0 Å². The minimum atomic E-state index is 0.266. The van der Waals surface area contributed by atoms with Crippen LogP contribution < -0.4 is 19.9 Å². The number of hydrogen-bond donors (Lipinski definition) is 1. The largest absolute Gasteiger partial charge is 0.489 e. The lowest BCUT2D eigenvalue weighted by molar-refractivity contribution is 0.174. The lowest BCUT2D eigenvalue weighted by Gasteiger charge is -2.10. The van der Waals surface area contributed by atoms with Gasteiger partial charge in [-0.25, -0.2) is 0 Å². The first-order chi connectivity index (χ1) is 7.85. The molecule has 0 unspecified atom stereocenters. The fraction of sp³-hybridized carbons (Fsp3) is 0.333. The molecule has 0 saturated heterocycles. The molecule has 0 amide bonds. The summed E-state index contributed by atoms with van der Waals surface area (Å²) in [6.45, 7) is 4.93. The van der Waals surface area contributed by atoms with E-state index in [-0.39, 0.29) is 6.79 Å². The third-order valence-electron chi connectivity index (χ3n) is 2.33. The molecule has 0 atom stereocenters. The van der Waals surface area contributed by atoms with E-state index in [2.05, 4.69) is 6.58 Å². The van der Waals surface area contributed by atoms with E-state index >= 15 is 0 Å². The van der Waals surface area contributed by atoms with Crippen molar-refractivity contribution in [2.24, 2.45) is 5.73 Å². The molecule has 4 nitrogen and oxygen atoms in total. The number of rotatable bonds is 5. The molecular weight excluding hydrogens is 206 g/mol. The van der Waals surface area contributed by atoms with Crippen molar-refractivity contribution in [3.8, 4) is 17.2 Å². The van der Waals surface area contributed by atoms with Gasteiger partial charge in [0.1, 0.15) is 12.4 Å². The fourth-order valence-electron chi connectivity index (χ4n) is 1.60. The highest BCUT2D eigenvalue weighted by molar-refractivity contribution is 5.52. The van der Waals surface area contributed by atoms with Gasteiger partial charge < -0.3 is 19.9 Å². The lowest BCUT2D eigenvalue weighted by Crippen LogP contribution is -2.05. The predicted molar refractivity (Wildman–Crippen MR) is 61.0 cm³/mol. The van der Waals surface area contributed by atoms with Crippen molar-refractivity contribution in [1.82, 2.24) is 0 Å². The molecule has 1 heterocycles. The van der Waals surface area contributed by atoms with Gasteiger partial charge in [0.2, 0.25) is 6.79 Å². The first-order valence-corrected chi connectivity index (χ1v) is 5.21. The van der Waals surface area contributed by atoms with Gasteiger partial charge in [0.25, 0.3) is 0 Å². The van der Waals surface area contributed by atoms with E-state index in [0.717, 1.165) is 29.2 Å². The Kier molecular flexibility index (Phi) is 3.31. The van der Waals surface area contributed by atoms with Gasteiger partial charge in [-0.2, -0.15) is 0 Å². The summed E-state index contributed by atoms with van der Waals surface area (Å²) in [5.41, 5.74) is 6.59. The van der Waals surface area contributed by atoms with Crippen molar-refractivity contribution in [3.63, 3.8) is 0 Å². The van der Waals surface area contributed by atoms with Crippen molar-refractivity contribution >= 4 is 0 Å². The van der Waals surface area contributed by atoms with Gasteiger partial charge in [-0.05, 0) is 24.6 Å². The van der Waals surface area contributed by atoms with Gasteiger partial charge in [0, 0.05) is 6.07 Å². The smallest absolute Gasteiger partial charge is 0.231 e. The zero-order valence-electron chi connectivity index (χ0n) is 9.07. The van der Waals surface area contributed by atoms with E-state index < -0.39 is 0 Å². The Balaban J connectivity index is 2.28. The van der Waals surface area contributed by atoms with E-state index in [1.165, 1.54) is 0 Å². The normalized spacial score (nSPS) is 12.6. The third kappa shape index (κ3) is 2.12. The molecule has 1 aromatic carbocycles. The second-order valence-corrected chi connectivity index (χ2v) is 3.45. The van der Waals surface area contributed by atoms with E-state index in [0.29, 0.717) is 13.2 Å². The van der Waals surface area contributed by atoms with Crippen LogP contribution in [-0.4, -0.2) is 19.9 Å². The zero-order chi connectivity index (χ0) is 11.4. The molecule has 0 aliphatic carbocycles. The van der Waals surface area contributed by atoms with Crippen molar-refractivity contribution in [1.29, 1.82) is 0 Å². The summed E-state index contributed by atoms with van der Waals surface area (Å²) < 4.78 is 16.2. The summed E-state index contributed by atoms with van der Waals surface area (Å²) in [4.78, 5) is 0. The average Bonchev–Trinajstić information content (AvgIpc) is 2.73. The Labute approximate surface area is 94.6 Å². The highest BCUT2D eigenvalue weighted by atomic mass is 16.7. The van der Waals surface area contributed by atoms with E-state index in [1.807, 2.05) is 12.1 Å². The maximum Gasteiger partial charge on any atom is 0.231 e. The second-order valence-electron chi connectivity index (χ2n) is 3.45. The van der Waals surface area contributed by atoms with Crippen molar-refractivity contribution in [2.45, 2.75) is 6.42 Å². The van der Waals surface area contributed by atoms with Gasteiger partial charge in [0.15, 0.2) is 11.5 Å². The first kappa shape index (κ1) is 10.8. The van der Waals surface area contributed by atoms with Gasteiger partial charge >= 0.3 is 0 Å². The van der Waals surface area contributed by atoms with Crippen LogP contribution in [0.5, 0.6) is 17.2 Å². The molecule has 0 aromatic heterocycles. The molecule has 4 heteroatoms. The summed E-state index contributed by atoms with van der Waals surface area (Å²) >= 11 is 0. The van der Waals surface area contributed by atoms with Gasteiger partial charge in [-0.1, -0.05) is 12.7 Å². The standard InChI is InChI=1S/C12H15NO3/c1-2-5-14-10-7-12-11(15-8-16-12)6-9(10)3-4-13/h2,6-7H,1,3-5,8,13H2. The lowest BCUT2D eigenvalue weighted by atomic mass is 10.1. The summed E-state index contributed by atoms with van der Waals surface area (Å²) in [7, 11) is 0. The summed E-state index contributed by atoms with van der Waals surface area (Å²) in [6.07, 6.45) is 2.46. The maximum atomic E-state index is 5.56. The molecule has 2 N–H and O–H groups in total. The summed E-state index contributed by atoms with van der Waals surface area (Å²) in [5.74, 6) is 2.27. The van der Waals surface area contributed by atoms with E-state index in [4.69, 9.17) is 19.9 Å². The van der Waals surface area contributed by atoms with Crippen molar-refractivity contribution in [2.75, 3.05) is 19.9 Å². The molecule has 1 aliphatic rings. The average molecular weight is 221 g/mol. The zero-order valence-corrected chi connectivity index (χ0v) is 9.07. The molecule has 86 valence electrons. The highest BCUT2D eigenvalue weighted by Gasteiger charge is 2.17. The fourth-order valence-corrected chi connectivity index (χ4v) is 1.60. The van der Waals surface area contributed by atoms with Crippen LogP contribution in [0.2, 0.25) is 0 Å². The van der Waals surface area contributed by atoms with Crippen LogP contribution in [-0.2, 0) is 6.42 Å². The summed E-state index contributed by atoms with van der Waals surface area (Å²) in [6, 6.07) is 3.77. The molecule has 1 aromatic rings. The molecule has 0 spiro atoms. The van der Waals surface area contributed by atoms with Crippen molar-refractivity contribution < 1.29 is 14.2 Å². The highest BCUT2D eigenvalue weighted by Crippen LogP contribution is 2.38. The second kappa shape index (κ2) is 4.90. The third-order valence-corrected chi connectivity index (χ3v) is 2.33. The number of hydrogen-bond acceptors (Lipinski definition) is 4. The van der Waals surface area contributed by atoms with Crippen LogP contribution >= 0.6 is 0 Å². The molecule has 0 saturated carbocycles. The minimum absolute atomic E-state index is 0.266. The number of benzene rings is 1. The number of ether oxygens (including phenoxy) is 3. The Morgan fingerprint density at radius 1 is 1.38 bits per heavy atom. The molecular formula is C12H15NO3. The first-order valence-electron chi connectivity index (χ1n) is 5.21.